The first kappa shape index (κ1) is 28.5. The van der Waals surface area contributed by atoms with Crippen LogP contribution in [0.1, 0.15) is 52.5 Å². The van der Waals surface area contributed by atoms with Gasteiger partial charge in [0.1, 0.15) is 11.1 Å². The molecule has 4 aromatic carbocycles. The Morgan fingerprint density at radius 1 is 0.812 bits per heavy atom. The molecule has 48 heavy (non-hydrogen) atoms. The van der Waals surface area contributed by atoms with Crippen molar-refractivity contribution < 1.29 is 30.0 Å². The smallest absolute Gasteiger partial charge is 0.148 e. The number of furan rings is 1. The molecule has 4 heterocycles. The molecule has 0 atom stereocenters. The minimum Gasteiger partial charge on any atom is -0.498 e. The molecule has 0 amide bonds. The van der Waals surface area contributed by atoms with Gasteiger partial charge in [0.05, 0.1) is 15.3 Å². The summed E-state index contributed by atoms with van der Waals surface area (Å²) in [5.41, 5.74) is 11.4. The van der Waals surface area contributed by atoms with Gasteiger partial charge >= 0.3 is 0 Å². The molecule has 0 spiro atoms. The van der Waals surface area contributed by atoms with E-state index in [4.69, 9.17) is 19.9 Å². The van der Waals surface area contributed by atoms with Crippen LogP contribution in [0.4, 0.5) is 0 Å². The monoisotopic (exact) mass is 826 g/mol. The molecule has 6 heteroatoms. The van der Waals surface area contributed by atoms with Gasteiger partial charge in [0, 0.05) is 43.4 Å². The van der Waals surface area contributed by atoms with Gasteiger partial charge in [0.15, 0.2) is 0 Å². The zero-order valence-electron chi connectivity index (χ0n) is 31.2. The molecule has 0 aliphatic rings. The van der Waals surface area contributed by atoms with Gasteiger partial charge in [-0.15, -0.1) is 65.4 Å². The molecule has 0 saturated heterocycles. The van der Waals surface area contributed by atoms with Crippen LogP contribution in [0.2, 0.25) is 0 Å². The number of hydrogen-bond donors (Lipinski definition) is 0. The maximum Gasteiger partial charge on any atom is 0.148 e. The van der Waals surface area contributed by atoms with E-state index in [0.29, 0.717) is 0 Å². The molecular weight excluding hydrogens is 787 g/mol. The van der Waals surface area contributed by atoms with Crippen molar-refractivity contribution in [3.8, 4) is 33.6 Å². The van der Waals surface area contributed by atoms with Crippen molar-refractivity contribution in [2.24, 2.45) is 0 Å². The van der Waals surface area contributed by atoms with Gasteiger partial charge in [-0.05, 0) is 84.4 Å². The molecule has 4 nitrogen and oxygen atoms in total. The van der Waals surface area contributed by atoms with Crippen LogP contribution < -0.4 is 0 Å². The van der Waals surface area contributed by atoms with Crippen molar-refractivity contribution in [1.29, 1.82) is 0 Å². The van der Waals surface area contributed by atoms with E-state index >= 15 is 0 Å². The summed E-state index contributed by atoms with van der Waals surface area (Å²) in [6, 6.07) is 33.8. The molecule has 0 unspecified atom stereocenters. The van der Waals surface area contributed by atoms with Crippen molar-refractivity contribution in [1.82, 2.24) is 15.0 Å². The van der Waals surface area contributed by atoms with Gasteiger partial charge in [-0.2, -0.15) is 0 Å². The van der Waals surface area contributed by atoms with Crippen LogP contribution in [-0.2, 0) is 20.1 Å². The van der Waals surface area contributed by atoms with Crippen molar-refractivity contribution in [3.63, 3.8) is 0 Å². The molecule has 8 aromatic rings. The van der Waals surface area contributed by atoms with Crippen molar-refractivity contribution in [2.75, 3.05) is 0 Å². The van der Waals surface area contributed by atoms with E-state index in [-0.39, 0.29) is 25.7 Å². The second-order valence-electron chi connectivity index (χ2n) is 11.8. The fourth-order valence-corrected chi connectivity index (χ4v) is 6.86. The Morgan fingerprint density at radius 3 is 2.31 bits per heavy atom. The Bertz CT molecular complexity index is 2520. The molecule has 241 valence electrons. The number of fused-ring (bicyclic) bond motifs is 5. The van der Waals surface area contributed by atoms with Crippen LogP contribution in [-0.4, -0.2) is 15.0 Å². The molecule has 8 rings (SSSR count). The van der Waals surface area contributed by atoms with Gasteiger partial charge in [0.2, 0.25) is 0 Å². The Balaban J connectivity index is 0.000000230. The van der Waals surface area contributed by atoms with Gasteiger partial charge in [-0.3, -0.25) is 0 Å². The van der Waals surface area contributed by atoms with E-state index in [2.05, 4.69) is 67.4 Å². The number of nitrogens with zero attached hydrogens (tertiary/aromatic N) is 3. The Hall–Kier alpha value is -4.48. The predicted molar refractivity (Wildman–Crippen MR) is 196 cm³/mol. The van der Waals surface area contributed by atoms with E-state index in [1.807, 2.05) is 57.3 Å². The molecule has 0 fully saturated rings. The minimum absolute atomic E-state index is 0. The maximum absolute atomic E-state index is 8.79. The molecule has 4 aromatic heterocycles. The van der Waals surface area contributed by atoms with Gasteiger partial charge in [-0.1, -0.05) is 67.3 Å². The van der Waals surface area contributed by atoms with Crippen LogP contribution in [0.15, 0.2) is 102 Å². The minimum atomic E-state index is -2.09. The molecule has 1 radical (unpaired) electrons. The number of pyridine rings is 2. The molecule has 0 saturated carbocycles. The fourth-order valence-electron chi connectivity index (χ4n) is 6.03. The average Bonchev–Trinajstić information content (AvgIpc) is 3.68. The third kappa shape index (κ3) is 6.36. The number of rotatable bonds is 4. The van der Waals surface area contributed by atoms with Crippen LogP contribution in [0.25, 0.3) is 65.8 Å². The van der Waals surface area contributed by atoms with Crippen molar-refractivity contribution >= 4 is 43.5 Å². The molecular formula is C42H35IrN3OS-2. The molecule has 0 N–H and O–H groups in total. The Labute approximate surface area is 304 Å². The Morgan fingerprint density at radius 2 is 1.60 bits per heavy atom. The summed E-state index contributed by atoms with van der Waals surface area (Å²) in [5.74, 6) is -0.793. The molecule has 0 aliphatic carbocycles. The number of benzene rings is 4. The first-order valence-electron chi connectivity index (χ1n) is 17.4. The number of thiazole rings is 1. The molecule has 0 bridgehead atoms. The quantitative estimate of drug-likeness (QED) is 0.166. The summed E-state index contributed by atoms with van der Waals surface area (Å²) in [6.07, 6.45) is 3.24. The zero-order chi connectivity index (χ0) is 36.1. The number of hydrogen-bond acceptors (Lipinski definition) is 5. The maximum atomic E-state index is 8.79. The van der Waals surface area contributed by atoms with Crippen molar-refractivity contribution in [3.05, 3.63) is 137 Å². The summed E-state index contributed by atoms with van der Waals surface area (Å²) in [7, 11) is 0. The van der Waals surface area contributed by atoms with E-state index in [9.17, 15) is 0 Å². The topological polar surface area (TPSA) is 51.8 Å². The van der Waals surface area contributed by atoms with Crippen LogP contribution in [0.5, 0.6) is 0 Å². The predicted octanol–water partition coefficient (Wildman–Crippen LogP) is 11.6. The second kappa shape index (κ2) is 13.9. The fraction of sp³-hybridized carbons (Fsp3) is 0.167. The van der Waals surface area contributed by atoms with Gasteiger partial charge in [-0.25, -0.2) is 4.98 Å². The van der Waals surface area contributed by atoms with E-state index in [0.717, 1.165) is 76.4 Å². The van der Waals surface area contributed by atoms with E-state index in [1.54, 1.807) is 29.5 Å². The van der Waals surface area contributed by atoms with Gasteiger partial charge < -0.3 is 14.4 Å². The van der Waals surface area contributed by atoms with Crippen LogP contribution in [0, 0.1) is 39.8 Å². The zero-order valence-corrected chi connectivity index (χ0v) is 30.4. The summed E-state index contributed by atoms with van der Waals surface area (Å²) in [4.78, 5) is 13.7. The summed E-state index contributed by atoms with van der Waals surface area (Å²) in [6.45, 7) is 7.99. The second-order valence-corrected chi connectivity index (χ2v) is 13.0. The van der Waals surface area contributed by atoms with E-state index < -0.39 is 12.7 Å². The van der Waals surface area contributed by atoms with Gasteiger partial charge in [0.25, 0.3) is 0 Å². The van der Waals surface area contributed by atoms with Crippen LogP contribution >= 0.6 is 11.3 Å². The third-order valence-electron chi connectivity index (χ3n) is 8.26. The third-order valence-corrected chi connectivity index (χ3v) is 9.20. The first-order valence-corrected chi connectivity index (χ1v) is 16.3. The molecule has 0 aliphatic heterocycles. The SMILES string of the molecule is [2H]C(C)(C)c1cnc(-c2[c-]ccc3c2oc2c3ccc3sc(C)nc32)cc1-c1c(C)cccc1C.[2H]C([2H])([2H])c1ccc(-c2[c-]cccc2)nc1.[Ir]. The number of aromatic nitrogens is 3. The number of aryl methyl sites for hydroxylation is 4. The summed E-state index contributed by atoms with van der Waals surface area (Å²) < 4.78 is 38.1. The largest absolute Gasteiger partial charge is 0.498 e. The first-order chi connectivity index (χ1) is 24.3. The normalized spacial score (nSPS) is 12.9. The average molecular weight is 826 g/mol. The van der Waals surface area contributed by atoms with Crippen molar-refractivity contribution in [2.45, 2.75) is 47.4 Å². The summed E-state index contributed by atoms with van der Waals surface area (Å²) in [5, 5.41) is 3.10. The summed E-state index contributed by atoms with van der Waals surface area (Å²) >= 11 is 1.67. The standard InChI is InChI=1S/C30H25N2OS.C12H10N.Ir/c1-16(2)24-15-31-25(14-23(24)27-17(3)8-6-9-18(27)4)22-11-7-10-20-21-12-13-26-28(32-19(5)34-26)30(21)33-29(20)22;1-10-7-8-12(13-9-10)11-5-3-2-4-6-11;/h6-10,12-16H,1-5H3;2-5,7-9H,1H3;/q2*-1;/i16D;1D3;. The van der Waals surface area contributed by atoms with Crippen LogP contribution in [0.3, 0.4) is 0 Å². The van der Waals surface area contributed by atoms with E-state index in [1.165, 1.54) is 17.3 Å². The Kier molecular flexibility index (Phi) is 8.28.